The summed E-state index contributed by atoms with van der Waals surface area (Å²) in [7, 11) is 1.58. The summed E-state index contributed by atoms with van der Waals surface area (Å²) >= 11 is 3.32. The van der Waals surface area contributed by atoms with E-state index in [1.807, 2.05) is 12.1 Å². The summed E-state index contributed by atoms with van der Waals surface area (Å²) in [4.78, 5) is 4.19. The van der Waals surface area contributed by atoms with Gasteiger partial charge in [-0.1, -0.05) is 0 Å². The second-order valence-electron chi connectivity index (χ2n) is 2.40. The molecule has 72 valence electrons. The van der Waals surface area contributed by atoms with Gasteiger partial charge in [-0.15, -0.1) is 0 Å². The van der Waals surface area contributed by atoms with Crippen LogP contribution in [0.25, 0.3) is 0 Å². The predicted molar refractivity (Wildman–Crippen MR) is 56.0 cm³/mol. The second-order valence-corrected chi connectivity index (χ2v) is 3.26. The van der Waals surface area contributed by atoms with Gasteiger partial charge in [-0.2, -0.15) is 4.98 Å². The molecule has 0 aliphatic rings. The van der Waals surface area contributed by atoms with E-state index in [1.165, 1.54) is 0 Å². The lowest BCUT2D eigenvalue weighted by molar-refractivity contribution is 0.395. The number of pyridine rings is 1. The van der Waals surface area contributed by atoms with Gasteiger partial charge in [0.25, 0.3) is 0 Å². The molecule has 0 unspecified atom stereocenters. The lowest BCUT2D eigenvalue weighted by atomic mass is 10.4. The predicted octanol–water partition coefficient (Wildman–Crippen LogP) is 1.22. The van der Waals surface area contributed by atoms with Crippen molar-refractivity contribution in [3.8, 4) is 5.88 Å². The number of anilines is 1. The van der Waals surface area contributed by atoms with Gasteiger partial charge in [-0.3, -0.25) is 0 Å². The number of aromatic nitrogens is 1. The lowest BCUT2D eigenvalue weighted by Crippen LogP contribution is -2.13. The fraction of sp³-hybridized carbons (Fsp3) is 0.375. The monoisotopic (exact) mass is 245 g/mol. The summed E-state index contributed by atoms with van der Waals surface area (Å²) in [6, 6.07) is 3.74. The largest absolute Gasteiger partial charge is 0.480 e. The van der Waals surface area contributed by atoms with Crippen LogP contribution in [0.5, 0.6) is 5.88 Å². The highest BCUT2D eigenvalue weighted by Crippen LogP contribution is 2.23. The number of hydrogen-bond donors (Lipinski definition) is 2. The number of halogens is 1. The molecule has 3 N–H and O–H groups in total. The van der Waals surface area contributed by atoms with E-state index in [0.29, 0.717) is 19.0 Å². The number of nitrogens with zero attached hydrogens (tertiary/aromatic N) is 1. The molecule has 0 radical (unpaired) electrons. The molecule has 5 heteroatoms. The molecule has 0 aliphatic heterocycles. The smallest absolute Gasteiger partial charge is 0.229 e. The first kappa shape index (κ1) is 10.3. The average Bonchev–Trinajstić information content (AvgIpc) is 2.16. The fourth-order valence-electron chi connectivity index (χ4n) is 0.865. The molecule has 1 aromatic heterocycles. The lowest BCUT2D eigenvalue weighted by Gasteiger charge is -2.06. The highest BCUT2D eigenvalue weighted by molar-refractivity contribution is 9.10. The molecule has 0 fully saturated rings. The molecule has 0 atom stereocenters. The number of methoxy groups -OCH3 is 1. The summed E-state index contributed by atoms with van der Waals surface area (Å²) in [6.45, 7) is 1.29. The molecule has 0 saturated carbocycles. The SMILES string of the molecule is COc1nc(NCCN)ccc1Br. The molecule has 1 rings (SSSR count). The topological polar surface area (TPSA) is 60.2 Å². The Morgan fingerprint density at radius 1 is 1.62 bits per heavy atom. The molecule has 1 aromatic rings. The van der Waals surface area contributed by atoms with Crippen LogP contribution in [-0.2, 0) is 0 Å². The van der Waals surface area contributed by atoms with Crippen LogP contribution in [0.3, 0.4) is 0 Å². The van der Waals surface area contributed by atoms with Crippen LogP contribution in [0.4, 0.5) is 5.82 Å². The van der Waals surface area contributed by atoms with E-state index in [-0.39, 0.29) is 0 Å². The summed E-state index contributed by atoms with van der Waals surface area (Å²) in [5.41, 5.74) is 5.35. The molecule has 1 heterocycles. The van der Waals surface area contributed by atoms with Crippen LogP contribution in [0, 0.1) is 0 Å². The van der Waals surface area contributed by atoms with Gasteiger partial charge in [0, 0.05) is 13.1 Å². The van der Waals surface area contributed by atoms with Crippen molar-refractivity contribution >= 4 is 21.7 Å². The molecule has 0 spiro atoms. The van der Waals surface area contributed by atoms with Gasteiger partial charge in [0.15, 0.2) is 0 Å². The van der Waals surface area contributed by atoms with Gasteiger partial charge in [-0.05, 0) is 28.1 Å². The Morgan fingerprint density at radius 2 is 2.38 bits per heavy atom. The number of ether oxygens (including phenoxy) is 1. The van der Waals surface area contributed by atoms with E-state index < -0.39 is 0 Å². The molecule has 0 aromatic carbocycles. The normalized spacial score (nSPS) is 9.77. The van der Waals surface area contributed by atoms with Gasteiger partial charge < -0.3 is 15.8 Å². The Morgan fingerprint density at radius 3 is 3.00 bits per heavy atom. The molecule has 4 nitrogen and oxygen atoms in total. The molecular weight excluding hydrogens is 234 g/mol. The number of rotatable bonds is 4. The highest BCUT2D eigenvalue weighted by atomic mass is 79.9. The van der Waals surface area contributed by atoms with Crippen LogP contribution in [0.1, 0.15) is 0 Å². The average molecular weight is 246 g/mol. The van der Waals surface area contributed by atoms with E-state index >= 15 is 0 Å². The van der Waals surface area contributed by atoms with Crippen molar-refractivity contribution in [2.24, 2.45) is 5.73 Å². The minimum Gasteiger partial charge on any atom is -0.480 e. The third-order valence-electron chi connectivity index (χ3n) is 1.46. The van der Waals surface area contributed by atoms with Crippen molar-refractivity contribution in [1.82, 2.24) is 4.98 Å². The first-order valence-electron chi connectivity index (χ1n) is 3.92. The zero-order valence-electron chi connectivity index (χ0n) is 7.38. The Kier molecular flexibility index (Phi) is 3.98. The van der Waals surface area contributed by atoms with Crippen molar-refractivity contribution in [1.29, 1.82) is 0 Å². The standard InChI is InChI=1S/C8H12BrN3O/c1-13-8-6(9)2-3-7(12-8)11-5-4-10/h2-3H,4-5,10H2,1H3,(H,11,12). The summed E-state index contributed by atoms with van der Waals surface area (Å²) < 4.78 is 5.88. The fourth-order valence-corrected chi connectivity index (χ4v) is 1.25. The molecule has 0 bridgehead atoms. The van der Waals surface area contributed by atoms with E-state index in [9.17, 15) is 0 Å². The Bertz CT molecular complexity index is 280. The number of nitrogens with one attached hydrogen (secondary N) is 1. The number of hydrogen-bond acceptors (Lipinski definition) is 4. The minimum absolute atomic E-state index is 0.571. The van der Waals surface area contributed by atoms with Crippen LogP contribution in [-0.4, -0.2) is 25.2 Å². The summed E-state index contributed by atoms with van der Waals surface area (Å²) in [5, 5.41) is 3.06. The van der Waals surface area contributed by atoms with Crippen molar-refractivity contribution in [3.63, 3.8) is 0 Å². The van der Waals surface area contributed by atoms with Crippen LogP contribution in [0.15, 0.2) is 16.6 Å². The third-order valence-corrected chi connectivity index (χ3v) is 2.06. The quantitative estimate of drug-likeness (QED) is 0.838. The van der Waals surface area contributed by atoms with Crippen LogP contribution < -0.4 is 15.8 Å². The van der Waals surface area contributed by atoms with Gasteiger partial charge in [0.1, 0.15) is 5.82 Å². The van der Waals surface area contributed by atoms with Crippen LogP contribution >= 0.6 is 15.9 Å². The first-order valence-corrected chi connectivity index (χ1v) is 4.71. The van der Waals surface area contributed by atoms with E-state index in [0.717, 1.165) is 10.3 Å². The van der Waals surface area contributed by atoms with E-state index in [2.05, 4.69) is 26.2 Å². The first-order chi connectivity index (χ1) is 6.27. The van der Waals surface area contributed by atoms with E-state index in [4.69, 9.17) is 10.5 Å². The van der Waals surface area contributed by atoms with E-state index in [1.54, 1.807) is 7.11 Å². The van der Waals surface area contributed by atoms with Gasteiger partial charge in [0.2, 0.25) is 5.88 Å². The highest BCUT2D eigenvalue weighted by Gasteiger charge is 2.01. The van der Waals surface area contributed by atoms with Gasteiger partial charge in [0.05, 0.1) is 11.6 Å². The zero-order chi connectivity index (χ0) is 9.68. The minimum atomic E-state index is 0.571. The molecule has 0 saturated heterocycles. The maximum atomic E-state index is 5.35. The van der Waals surface area contributed by atoms with Crippen molar-refractivity contribution < 1.29 is 4.74 Å². The van der Waals surface area contributed by atoms with Gasteiger partial charge in [-0.25, -0.2) is 0 Å². The maximum absolute atomic E-state index is 5.35. The molecule has 13 heavy (non-hydrogen) atoms. The Balaban J connectivity index is 2.74. The Labute approximate surface area is 85.6 Å². The maximum Gasteiger partial charge on any atom is 0.229 e. The van der Waals surface area contributed by atoms with Crippen LogP contribution in [0.2, 0.25) is 0 Å². The second kappa shape index (κ2) is 5.04. The third kappa shape index (κ3) is 2.86. The van der Waals surface area contributed by atoms with Crippen molar-refractivity contribution in [3.05, 3.63) is 16.6 Å². The summed E-state index contributed by atoms with van der Waals surface area (Å²) in [5.74, 6) is 1.34. The zero-order valence-corrected chi connectivity index (χ0v) is 8.97. The molecule has 0 aliphatic carbocycles. The van der Waals surface area contributed by atoms with Crippen molar-refractivity contribution in [2.75, 3.05) is 25.5 Å². The molecule has 0 amide bonds. The number of nitrogens with two attached hydrogens (primary N) is 1. The van der Waals surface area contributed by atoms with Gasteiger partial charge >= 0.3 is 0 Å². The Hall–Kier alpha value is -0.810. The van der Waals surface area contributed by atoms with Crippen molar-refractivity contribution in [2.45, 2.75) is 0 Å². The summed E-state index contributed by atoms with van der Waals surface area (Å²) in [6.07, 6.45) is 0. The molecular formula is C8H12BrN3O.